The van der Waals surface area contributed by atoms with Crippen LogP contribution < -0.4 is 5.32 Å². The molecule has 0 amide bonds. The van der Waals surface area contributed by atoms with Crippen molar-refractivity contribution in [1.82, 2.24) is 5.32 Å². The van der Waals surface area contributed by atoms with Gasteiger partial charge in [-0.25, -0.2) is 0 Å². The lowest BCUT2D eigenvalue weighted by atomic mass is 10.0. The summed E-state index contributed by atoms with van der Waals surface area (Å²) in [5.74, 6) is 1.13. The summed E-state index contributed by atoms with van der Waals surface area (Å²) in [5, 5.41) is 3.73. The summed E-state index contributed by atoms with van der Waals surface area (Å²) in [6.07, 6.45) is 0. The quantitative estimate of drug-likeness (QED) is 0.853. The Kier molecular flexibility index (Phi) is 3.96. The molecular formula is C16H16BrNS. The summed E-state index contributed by atoms with van der Waals surface area (Å²) in [7, 11) is 0. The number of halogens is 1. The van der Waals surface area contributed by atoms with Gasteiger partial charge in [0.05, 0.1) is 0 Å². The number of hydrogen-bond donors (Lipinski definition) is 1. The van der Waals surface area contributed by atoms with Crippen molar-refractivity contribution in [3.05, 3.63) is 64.1 Å². The first-order valence-corrected chi connectivity index (χ1v) is 8.25. The molecule has 0 saturated heterocycles. The summed E-state index contributed by atoms with van der Waals surface area (Å²) in [6.45, 7) is 2.23. The average molecular weight is 334 g/mol. The first-order valence-electron chi connectivity index (χ1n) is 6.47. The van der Waals surface area contributed by atoms with Crippen LogP contribution in [0.15, 0.2) is 57.9 Å². The Morgan fingerprint density at radius 1 is 1.16 bits per heavy atom. The van der Waals surface area contributed by atoms with Gasteiger partial charge in [0, 0.05) is 27.2 Å². The zero-order valence-corrected chi connectivity index (χ0v) is 13.2. The summed E-state index contributed by atoms with van der Waals surface area (Å²) in [4.78, 5) is 1.42. The highest BCUT2D eigenvalue weighted by Crippen LogP contribution is 2.38. The molecule has 0 aliphatic carbocycles. The van der Waals surface area contributed by atoms with E-state index >= 15 is 0 Å². The molecule has 1 aliphatic rings. The van der Waals surface area contributed by atoms with Gasteiger partial charge < -0.3 is 5.32 Å². The monoisotopic (exact) mass is 333 g/mol. The molecule has 1 nitrogen and oxygen atoms in total. The Labute approximate surface area is 126 Å². The van der Waals surface area contributed by atoms with Crippen molar-refractivity contribution in [2.24, 2.45) is 0 Å². The van der Waals surface area contributed by atoms with Crippen molar-refractivity contribution >= 4 is 27.7 Å². The summed E-state index contributed by atoms with van der Waals surface area (Å²) in [5.41, 5.74) is 2.77. The van der Waals surface area contributed by atoms with Crippen molar-refractivity contribution in [3.8, 4) is 0 Å². The lowest BCUT2D eigenvalue weighted by molar-refractivity contribution is 0.501. The SMILES string of the molecule is CC(NC1CSc2ccccc21)c1ccc(Br)cc1. The fourth-order valence-electron chi connectivity index (χ4n) is 2.45. The number of thioether (sulfide) groups is 1. The minimum atomic E-state index is 0.366. The highest BCUT2D eigenvalue weighted by Gasteiger charge is 2.23. The molecule has 0 spiro atoms. The zero-order valence-electron chi connectivity index (χ0n) is 10.8. The summed E-state index contributed by atoms with van der Waals surface area (Å²) in [6, 6.07) is 18.1. The fraction of sp³-hybridized carbons (Fsp3) is 0.250. The molecule has 2 aromatic rings. The molecule has 0 aromatic heterocycles. The highest BCUT2D eigenvalue weighted by molar-refractivity contribution is 9.10. The van der Waals surface area contributed by atoms with E-state index in [0.717, 1.165) is 10.2 Å². The van der Waals surface area contributed by atoms with Crippen LogP contribution in [-0.4, -0.2) is 5.75 Å². The fourth-order valence-corrected chi connectivity index (χ4v) is 3.89. The van der Waals surface area contributed by atoms with E-state index < -0.39 is 0 Å². The molecule has 0 fully saturated rings. The van der Waals surface area contributed by atoms with Gasteiger partial charge in [0.2, 0.25) is 0 Å². The van der Waals surface area contributed by atoms with E-state index in [1.165, 1.54) is 16.0 Å². The first kappa shape index (κ1) is 13.2. The van der Waals surface area contributed by atoms with E-state index in [9.17, 15) is 0 Å². The van der Waals surface area contributed by atoms with E-state index in [-0.39, 0.29) is 0 Å². The molecule has 1 heterocycles. The van der Waals surface area contributed by atoms with Crippen molar-refractivity contribution in [2.45, 2.75) is 23.9 Å². The lowest BCUT2D eigenvalue weighted by Crippen LogP contribution is -2.24. The smallest absolute Gasteiger partial charge is 0.0431 e. The molecule has 3 rings (SSSR count). The predicted molar refractivity (Wildman–Crippen MR) is 85.6 cm³/mol. The van der Waals surface area contributed by atoms with Crippen LogP contribution in [0, 0.1) is 0 Å². The van der Waals surface area contributed by atoms with Crippen LogP contribution in [0.25, 0.3) is 0 Å². The Morgan fingerprint density at radius 2 is 1.89 bits per heavy atom. The Morgan fingerprint density at radius 3 is 2.68 bits per heavy atom. The van der Waals surface area contributed by atoms with Gasteiger partial charge in [-0.15, -0.1) is 11.8 Å². The first-order chi connectivity index (χ1) is 9.24. The van der Waals surface area contributed by atoms with E-state index in [4.69, 9.17) is 0 Å². The second kappa shape index (κ2) is 5.70. The van der Waals surface area contributed by atoms with Crippen molar-refractivity contribution in [3.63, 3.8) is 0 Å². The standard InChI is InChI=1S/C16H16BrNS/c1-11(12-6-8-13(17)9-7-12)18-15-10-19-16-5-3-2-4-14(15)16/h2-9,11,15,18H,10H2,1H3. The lowest BCUT2D eigenvalue weighted by Gasteiger charge is -2.20. The van der Waals surface area contributed by atoms with E-state index in [1.807, 2.05) is 11.8 Å². The minimum absolute atomic E-state index is 0.366. The van der Waals surface area contributed by atoms with E-state index in [1.54, 1.807) is 0 Å². The van der Waals surface area contributed by atoms with Gasteiger partial charge in [0.1, 0.15) is 0 Å². The molecule has 19 heavy (non-hydrogen) atoms. The molecule has 98 valence electrons. The maximum absolute atomic E-state index is 3.73. The zero-order chi connectivity index (χ0) is 13.2. The van der Waals surface area contributed by atoms with Gasteiger partial charge in [0.25, 0.3) is 0 Å². The Bertz CT molecular complexity index is 567. The van der Waals surface area contributed by atoms with Gasteiger partial charge in [-0.3, -0.25) is 0 Å². The van der Waals surface area contributed by atoms with E-state index in [2.05, 4.69) is 76.7 Å². The largest absolute Gasteiger partial charge is 0.303 e. The van der Waals surface area contributed by atoms with Crippen LogP contribution >= 0.6 is 27.7 Å². The van der Waals surface area contributed by atoms with Gasteiger partial charge in [-0.1, -0.05) is 46.3 Å². The number of rotatable bonds is 3. The molecule has 2 unspecified atom stereocenters. The Hall–Kier alpha value is -0.770. The maximum atomic E-state index is 3.73. The van der Waals surface area contributed by atoms with Crippen molar-refractivity contribution in [1.29, 1.82) is 0 Å². The van der Waals surface area contributed by atoms with Crippen LogP contribution in [0.2, 0.25) is 0 Å². The molecule has 0 radical (unpaired) electrons. The number of nitrogens with one attached hydrogen (secondary N) is 1. The minimum Gasteiger partial charge on any atom is -0.303 e. The molecule has 0 bridgehead atoms. The van der Waals surface area contributed by atoms with Gasteiger partial charge >= 0.3 is 0 Å². The average Bonchev–Trinajstić information content (AvgIpc) is 2.83. The summed E-state index contributed by atoms with van der Waals surface area (Å²) >= 11 is 5.43. The predicted octanol–water partition coefficient (Wildman–Crippen LogP) is 4.95. The second-order valence-electron chi connectivity index (χ2n) is 4.84. The molecular weight excluding hydrogens is 318 g/mol. The molecule has 0 saturated carbocycles. The number of benzene rings is 2. The van der Waals surface area contributed by atoms with Crippen LogP contribution in [-0.2, 0) is 0 Å². The molecule has 3 heteroatoms. The topological polar surface area (TPSA) is 12.0 Å². The van der Waals surface area contributed by atoms with Crippen LogP contribution in [0.1, 0.15) is 30.1 Å². The number of fused-ring (bicyclic) bond motifs is 1. The number of hydrogen-bond acceptors (Lipinski definition) is 2. The third-order valence-electron chi connectivity index (χ3n) is 3.52. The normalized spacial score (nSPS) is 19.2. The third kappa shape index (κ3) is 2.88. The molecule has 1 aliphatic heterocycles. The maximum Gasteiger partial charge on any atom is 0.0431 e. The van der Waals surface area contributed by atoms with Gasteiger partial charge in [0.15, 0.2) is 0 Å². The third-order valence-corrected chi connectivity index (χ3v) is 5.23. The van der Waals surface area contributed by atoms with E-state index in [0.29, 0.717) is 12.1 Å². The molecule has 2 aromatic carbocycles. The van der Waals surface area contributed by atoms with Crippen molar-refractivity contribution in [2.75, 3.05) is 5.75 Å². The Balaban J connectivity index is 1.74. The van der Waals surface area contributed by atoms with Crippen LogP contribution in [0.5, 0.6) is 0 Å². The molecule has 1 N–H and O–H groups in total. The van der Waals surface area contributed by atoms with Crippen molar-refractivity contribution < 1.29 is 0 Å². The second-order valence-corrected chi connectivity index (χ2v) is 6.82. The summed E-state index contributed by atoms with van der Waals surface area (Å²) < 4.78 is 1.13. The van der Waals surface area contributed by atoms with Gasteiger partial charge in [-0.2, -0.15) is 0 Å². The highest BCUT2D eigenvalue weighted by atomic mass is 79.9. The van der Waals surface area contributed by atoms with Crippen LogP contribution in [0.3, 0.4) is 0 Å². The molecule has 2 atom stereocenters. The van der Waals surface area contributed by atoms with Gasteiger partial charge in [-0.05, 0) is 36.2 Å². The van der Waals surface area contributed by atoms with Crippen LogP contribution in [0.4, 0.5) is 0 Å².